The van der Waals surface area contributed by atoms with Crippen molar-refractivity contribution in [1.82, 2.24) is 5.32 Å². The summed E-state index contributed by atoms with van der Waals surface area (Å²) >= 11 is 5.78. The molecule has 0 radical (unpaired) electrons. The van der Waals surface area contributed by atoms with E-state index in [4.69, 9.17) is 11.6 Å². The number of alkyl halides is 1. The van der Waals surface area contributed by atoms with Crippen molar-refractivity contribution < 1.29 is 4.79 Å². The van der Waals surface area contributed by atoms with E-state index in [0.717, 1.165) is 17.5 Å². The Morgan fingerprint density at radius 1 is 1.47 bits per heavy atom. The Balaban J connectivity index is 2.81. The largest absolute Gasteiger partial charge is 0.352 e. The van der Waals surface area contributed by atoms with Crippen LogP contribution in [0.25, 0.3) is 0 Å². The van der Waals surface area contributed by atoms with Gasteiger partial charge in [0.2, 0.25) is 0 Å². The number of carbonyl (C=O) groups is 1. The number of hydrogen-bond acceptors (Lipinski definition) is 1. The van der Waals surface area contributed by atoms with E-state index in [1.165, 1.54) is 0 Å². The van der Waals surface area contributed by atoms with E-state index in [1.807, 2.05) is 32.0 Å². The van der Waals surface area contributed by atoms with Crippen LogP contribution >= 0.6 is 11.6 Å². The number of hydrogen-bond donors (Lipinski definition) is 1. The first-order valence-electron chi connectivity index (χ1n) is 5.12. The van der Waals surface area contributed by atoms with Gasteiger partial charge in [-0.1, -0.05) is 13.0 Å². The van der Waals surface area contributed by atoms with Crippen molar-refractivity contribution in [2.75, 3.05) is 6.54 Å². The van der Waals surface area contributed by atoms with Crippen LogP contribution in [0.2, 0.25) is 0 Å². The van der Waals surface area contributed by atoms with Gasteiger partial charge in [-0.25, -0.2) is 0 Å². The number of carbonyl (C=O) groups excluding carboxylic acids is 1. The summed E-state index contributed by atoms with van der Waals surface area (Å²) in [5.74, 6) is 0.420. The summed E-state index contributed by atoms with van der Waals surface area (Å²) in [6, 6.07) is 5.61. The highest BCUT2D eigenvalue weighted by Gasteiger charge is 2.06. The third-order valence-electron chi connectivity index (χ3n) is 2.29. The number of halogens is 1. The number of aryl methyl sites for hydroxylation is 1. The maximum absolute atomic E-state index is 11.6. The SMILES string of the molecule is CCCNC(=O)c1ccc(C)c(CCl)c1. The summed E-state index contributed by atoms with van der Waals surface area (Å²) in [7, 11) is 0. The van der Waals surface area contributed by atoms with E-state index in [0.29, 0.717) is 18.0 Å². The smallest absolute Gasteiger partial charge is 0.251 e. The number of rotatable bonds is 4. The zero-order chi connectivity index (χ0) is 11.3. The van der Waals surface area contributed by atoms with Crippen LogP contribution in [0.4, 0.5) is 0 Å². The summed E-state index contributed by atoms with van der Waals surface area (Å²) in [6.07, 6.45) is 0.944. The van der Waals surface area contributed by atoms with Gasteiger partial charge in [0.25, 0.3) is 5.91 Å². The molecule has 15 heavy (non-hydrogen) atoms. The van der Waals surface area contributed by atoms with Crippen LogP contribution in [-0.4, -0.2) is 12.5 Å². The van der Waals surface area contributed by atoms with Crippen molar-refractivity contribution in [3.8, 4) is 0 Å². The highest BCUT2D eigenvalue weighted by Crippen LogP contribution is 2.13. The fourth-order valence-corrected chi connectivity index (χ4v) is 1.59. The van der Waals surface area contributed by atoms with Gasteiger partial charge in [-0.15, -0.1) is 11.6 Å². The molecule has 0 heterocycles. The molecule has 2 nitrogen and oxygen atoms in total. The van der Waals surface area contributed by atoms with Crippen molar-refractivity contribution in [2.24, 2.45) is 0 Å². The van der Waals surface area contributed by atoms with Crippen molar-refractivity contribution in [2.45, 2.75) is 26.1 Å². The number of benzene rings is 1. The summed E-state index contributed by atoms with van der Waals surface area (Å²) in [5, 5.41) is 2.84. The molecule has 0 aliphatic carbocycles. The Hall–Kier alpha value is -1.02. The molecule has 0 fully saturated rings. The molecule has 1 aromatic carbocycles. The zero-order valence-corrected chi connectivity index (χ0v) is 9.90. The Bertz CT molecular complexity index is 349. The van der Waals surface area contributed by atoms with Crippen LogP contribution in [0.5, 0.6) is 0 Å². The molecule has 0 saturated heterocycles. The fraction of sp³-hybridized carbons (Fsp3) is 0.417. The first-order chi connectivity index (χ1) is 7.19. The van der Waals surface area contributed by atoms with Crippen molar-refractivity contribution in [3.63, 3.8) is 0 Å². The second kappa shape index (κ2) is 5.76. The highest BCUT2D eigenvalue weighted by atomic mass is 35.5. The second-order valence-electron chi connectivity index (χ2n) is 3.53. The molecule has 0 saturated carbocycles. The van der Waals surface area contributed by atoms with Gasteiger partial charge in [-0.2, -0.15) is 0 Å². The van der Waals surface area contributed by atoms with Gasteiger partial charge < -0.3 is 5.32 Å². The molecule has 82 valence electrons. The Labute approximate surface area is 95.6 Å². The summed E-state index contributed by atoms with van der Waals surface area (Å²) in [4.78, 5) is 11.6. The topological polar surface area (TPSA) is 29.1 Å². The highest BCUT2D eigenvalue weighted by molar-refractivity contribution is 6.17. The van der Waals surface area contributed by atoms with Gasteiger partial charge in [-0.05, 0) is 36.6 Å². The predicted octanol–water partition coefficient (Wildman–Crippen LogP) is 2.87. The lowest BCUT2D eigenvalue weighted by atomic mass is 10.1. The number of nitrogens with one attached hydrogen (secondary N) is 1. The lowest BCUT2D eigenvalue weighted by Crippen LogP contribution is -2.24. The van der Waals surface area contributed by atoms with E-state index in [9.17, 15) is 4.79 Å². The molecule has 0 atom stereocenters. The van der Waals surface area contributed by atoms with Gasteiger partial charge in [0, 0.05) is 18.0 Å². The third-order valence-corrected chi connectivity index (χ3v) is 2.58. The molecule has 3 heteroatoms. The summed E-state index contributed by atoms with van der Waals surface area (Å²) < 4.78 is 0. The first-order valence-corrected chi connectivity index (χ1v) is 5.66. The fourth-order valence-electron chi connectivity index (χ4n) is 1.30. The summed E-state index contributed by atoms with van der Waals surface area (Å²) in [5.41, 5.74) is 2.82. The van der Waals surface area contributed by atoms with Crippen LogP contribution in [-0.2, 0) is 5.88 Å². The standard InChI is InChI=1S/C12H16ClNO/c1-3-6-14-12(15)10-5-4-9(2)11(7-10)8-13/h4-5,7H,3,6,8H2,1-2H3,(H,14,15). The van der Waals surface area contributed by atoms with Crippen LogP contribution in [0.3, 0.4) is 0 Å². The van der Waals surface area contributed by atoms with Gasteiger partial charge in [0.15, 0.2) is 0 Å². The minimum atomic E-state index is -0.0248. The van der Waals surface area contributed by atoms with E-state index in [-0.39, 0.29) is 5.91 Å². The van der Waals surface area contributed by atoms with Gasteiger partial charge in [0.05, 0.1) is 0 Å². The van der Waals surface area contributed by atoms with E-state index >= 15 is 0 Å². The lowest BCUT2D eigenvalue weighted by Gasteiger charge is -2.06. The van der Waals surface area contributed by atoms with Crippen LogP contribution in [0, 0.1) is 6.92 Å². The maximum atomic E-state index is 11.6. The Kier molecular flexibility index (Phi) is 4.63. The Morgan fingerprint density at radius 2 is 2.20 bits per heavy atom. The van der Waals surface area contributed by atoms with E-state index < -0.39 is 0 Å². The molecule has 0 aromatic heterocycles. The maximum Gasteiger partial charge on any atom is 0.251 e. The molecule has 0 aliphatic rings. The molecule has 0 bridgehead atoms. The average Bonchev–Trinajstić information content (AvgIpc) is 2.26. The molecule has 1 aromatic rings. The van der Waals surface area contributed by atoms with Crippen molar-refractivity contribution in [3.05, 3.63) is 34.9 Å². The quantitative estimate of drug-likeness (QED) is 0.785. The molecule has 1 N–H and O–H groups in total. The van der Waals surface area contributed by atoms with Crippen LogP contribution in [0.1, 0.15) is 34.8 Å². The van der Waals surface area contributed by atoms with Gasteiger partial charge >= 0.3 is 0 Å². The normalized spacial score (nSPS) is 10.1. The molecule has 1 rings (SSSR count). The van der Waals surface area contributed by atoms with Crippen molar-refractivity contribution >= 4 is 17.5 Å². The second-order valence-corrected chi connectivity index (χ2v) is 3.80. The van der Waals surface area contributed by atoms with Crippen LogP contribution < -0.4 is 5.32 Å². The lowest BCUT2D eigenvalue weighted by molar-refractivity contribution is 0.0953. The third kappa shape index (κ3) is 3.24. The van der Waals surface area contributed by atoms with Crippen molar-refractivity contribution in [1.29, 1.82) is 0 Å². The molecule has 1 amide bonds. The summed E-state index contributed by atoms with van der Waals surface area (Å²) in [6.45, 7) is 4.73. The number of amides is 1. The Morgan fingerprint density at radius 3 is 2.80 bits per heavy atom. The molecular weight excluding hydrogens is 210 g/mol. The zero-order valence-electron chi connectivity index (χ0n) is 9.14. The first kappa shape index (κ1) is 12.1. The van der Waals surface area contributed by atoms with Gasteiger partial charge in [-0.3, -0.25) is 4.79 Å². The molecule has 0 unspecified atom stereocenters. The predicted molar refractivity (Wildman–Crippen MR) is 63.4 cm³/mol. The average molecular weight is 226 g/mol. The monoisotopic (exact) mass is 225 g/mol. The molecule has 0 aliphatic heterocycles. The van der Waals surface area contributed by atoms with E-state index in [1.54, 1.807) is 0 Å². The minimum absolute atomic E-state index is 0.0248. The van der Waals surface area contributed by atoms with Crippen LogP contribution in [0.15, 0.2) is 18.2 Å². The minimum Gasteiger partial charge on any atom is -0.352 e. The van der Waals surface area contributed by atoms with E-state index in [2.05, 4.69) is 5.32 Å². The molecule has 0 spiro atoms. The van der Waals surface area contributed by atoms with Gasteiger partial charge in [0.1, 0.15) is 0 Å². The molecular formula is C12H16ClNO.